The molecule has 0 unspecified atom stereocenters. The van der Waals surface area contributed by atoms with E-state index in [4.69, 9.17) is 27.9 Å². The standard InChI is InChI=1S/C23H13Cl2NO5/c24-15-8-5-13(6-9-15)20(27)12-31-23(30)14-7-10-16-17(11-14)22(29)26(21(16)28)19-4-2-1-3-18(19)25/h1-11H,12H2. The largest absolute Gasteiger partial charge is 0.454 e. The molecule has 0 radical (unpaired) electrons. The molecular formula is C23H13Cl2NO5. The summed E-state index contributed by atoms with van der Waals surface area (Å²) in [5.41, 5.74) is 0.863. The smallest absolute Gasteiger partial charge is 0.338 e. The Bertz CT molecular complexity index is 1240. The molecular weight excluding hydrogens is 441 g/mol. The fourth-order valence-electron chi connectivity index (χ4n) is 3.15. The van der Waals surface area contributed by atoms with Crippen LogP contribution in [0.1, 0.15) is 41.4 Å². The van der Waals surface area contributed by atoms with Gasteiger partial charge >= 0.3 is 5.97 Å². The van der Waals surface area contributed by atoms with E-state index in [-0.39, 0.29) is 27.4 Å². The highest BCUT2D eigenvalue weighted by Crippen LogP contribution is 2.33. The minimum absolute atomic E-state index is 0.0461. The fraction of sp³-hybridized carbons (Fsp3) is 0.0435. The fourth-order valence-corrected chi connectivity index (χ4v) is 3.50. The molecule has 0 aliphatic carbocycles. The van der Waals surface area contributed by atoms with Crippen molar-refractivity contribution in [1.29, 1.82) is 0 Å². The first kappa shape index (κ1) is 20.8. The van der Waals surface area contributed by atoms with Gasteiger partial charge in [-0.25, -0.2) is 9.69 Å². The van der Waals surface area contributed by atoms with Gasteiger partial charge in [0.1, 0.15) is 0 Å². The third kappa shape index (κ3) is 3.95. The number of anilines is 1. The summed E-state index contributed by atoms with van der Waals surface area (Å²) in [6.45, 7) is -0.476. The summed E-state index contributed by atoms with van der Waals surface area (Å²) in [5, 5.41) is 0.731. The lowest BCUT2D eigenvalue weighted by atomic mass is 10.1. The number of imide groups is 1. The van der Waals surface area contributed by atoms with E-state index in [0.717, 1.165) is 4.90 Å². The number of amides is 2. The zero-order chi connectivity index (χ0) is 22.1. The van der Waals surface area contributed by atoms with Crippen LogP contribution in [0.3, 0.4) is 0 Å². The number of halogens is 2. The number of nitrogens with zero attached hydrogens (tertiary/aromatic N) is 1. The normalized spacial score (nSPS) is 12.6. The van der Waals surface area contributed by atoms with Gasteiger partial charge in [0.15, 0.2) is 12.4 Å². The van der Waals surface area contributed by atoms with Crippen LogP contribution in [0.5, 0.6) is 0 Å². The molecule has 154 valence electrons. The molecule has 3 aromatic carbocycles. The minimum atomic E-state index is -0.790. The average Bonchev–Trinajstić information content (AvgIpc) is 3.02. The van der Waals surface area contributed by atoms with E-state index in [1.165, 1.54) is 30.3 Å². The molecule has 2 amide bonds. The third-order valence-electron chi connectivity index (χ3n) is 4.72. The van der Waals surface area contributed by atoms with E-state index in [9.17, 15) is 19.2 Å². The summed E-state index contributed by atoms with van der Waals surface area (Å²) in [6.07, 6.45) is 0. The predicted octanol–water partition coefficient (Wildman–Crippen LogP) is 4.83. The molecule has 1 aliphatic heterocycles. The molecule has 1 heterocycles. The van der Waals surface area contributed by atoms with Crippen molar-refractivity contribution in [3.63, 3.8) is 0 Å². The summed E-state index contributed by atoms with van der Waals surface area (Å²) >= 11 is 11.9. The zero-order valence-electron chi connectivity index (χ0n) is 15.8. The number of ether oxygens (including phenoxy) is 1. The molecule has 1 aliphatic rings. The Kier molecular flexibility index (Phi) is 5.59. The van der Waals surface area contributed by atoms with Crippen molar-refractivity contribution in [3.05, 3.63) is 99.0 Å². The first-order chi connectivity index (χ1) is 14.9. The van der Waals surface area contributed by atoms with E-state index in [2.05, 4.69) is 0 Å². The van der Waals surface area contributed by atoms with Gasteiger partial charge in [0.2, 0.25) is 0 Å². The van der Waals surface area contributed by atoms with Crippen LogP contribution in [0, 0.1) is 0 Å². The molecule has 31 heavy (non-hydrogen) atoms. The molecule has 0 saturated carbocycles. The van der Waals surface area contributed by atoms with Crippen LogP contribution in [0.25, 0.3) is 0 Å². The van der Waals surface area contributed by atoms with Crippen molar-refractivity contribution in [3.8, 4) is 0 Å². The number of ketones is 1. The number of benzene rings is 3. The number of Topliss-reactive ketones (excluding diaryl/α,β-unsaturated/α-hetero) is 1. The highest BCUT2D eigenvalue weighted by atomic mass is 35.5. The number of rotatable bonds is 5. The molecule has 0 bridgehead atoms. The van der Waals surface area contributed by atoms with Crippen molar-refractivity contribution < 1.29 is 23.9 Å². The lowest BCUT2D eigenvalue weighted by Crippen LogP contribution is -2.29. The van der Waals surface area contributed by atoms with Gasteiger partial charge in [-0.2, -0.15) is 0 Å². The van der Waals surface area contributed by atoms with Gasteiger partial charge in [0.05, 0.1) is 27.4 Å². The molecule has 0 fully saturated rings. The maximum absolute atomic E-state index is 12.8. The Morgan fingerprint density at radius 1 is 0.806 bits per heavy atom. The summed E-state index contributed by atoms with van der Waals surface area (Å²) < 4.78 is 5.07. The highest BCUT2D eigenvalue weighted by molar-refractivity contribution is 6.39. The molecule has 3 aromatic rings. The van der Waals surface area contributed by atoms with Crippen LogP contribution in [0.2, 0.25) is 10.0 Å². The van der Waals surface area contributed by atoms with Crippen molar-refractivity contribution in [1.82, 2.24) is 0 Å². The Labute approximate surface area is 186 Å². The molecule has 6 nitrogen and oxygen atoms in total. The Balaban J connectivity index is 1.52. The SMILES string of the molecule is O=C(COC(=O)c1ccc2c(c1)C(=O)N(c1ccccc1Cl)C2=O)c1ccc(Cl)cc1. The first-order valence-electron chi connectivity index (χ1n) is 9.10. The molecule has 0 spiro atoms. The lowest BCUT2D eigenvalue weighted by molar-refractivity contribution is 0.0474. The van der Waals surface area contributed by atoms with Crippen LogP contribution in [0.4, 0.5) is 5.69 Å². The van der Waals surface area contributed by atoms with Crippen LogP contribution in [-0.4, -0.2) is 30.2 Å². The van der Waals surface area contributed by atoms with E-state index in [1.54, 1.807) is 36.4 Å². The molecule has 0 atom stereocenters. The number of para-hydroxylation sites is 1. The highest BCUT2D eigenvalue weighted by Gasteiger charge is 2.38. The Hall–Kier alpha value is -3.48. The Morgan fingerprint density at radius 2 is 1.45 bits per heavy atom. The summed E-state index contributed by atoms with van der Waals surface area (Å²) in [5.74, 6) is -2.32. The van der Waals surface area contributed by atoms with Crippen molar-refractivity contribution in [2.24, 2.45) is 0 Å². The van der Waals surface area contributed by atoms with Gasteiger partial charge in [0, 0.05) is 10.6 Å². The summed E-state index contributed by atoms with van der Waals surface area (Å²) in [4.78, 5) is 51.1. The second-order valence-corrected chi connectivity index (χ2v) is 7.51. The number of hydrogen-bond acceptors (Lipinski definition) is 5. The van der Waals surface area contributed by atoms with Crippen molar-refractivity contribution >= 4 is 52.5 Å². The van der Waals surface area contributed by atoms with Crippen LogP contribution in [-0.2, 0) is 4.74 Å². The third-order valence-corrected chi connectivity index (χ3v) is 5.29. The lowest BCUT2D eigenvalue weighted by Gasteiger charge is -2.15. The minimum Gasteiger partial charge on any atom is -0.454 e. The zero-order valence-corrected chi connectivity index (χ0v) is 17.3. The van der Waals surface area contributed by atoms with E-state index < -0.39 is 30.2 Å². The number of hydrogen-bond donors (Lipinski definition) is 0. The van der Waals surface area contributed by atoms with Crippen LogP contribution >= 0.6 is 23.2 Å². The van der Waals surface area contributed by atoms with Crippen molar-refractivity contribution in [2.45, 2.75) is 0 Å². The first-order valence-corrected chi connectivity index (χ1v) is 9.85. The molecule has 0 N–H and O–H groups in total. The van der Waals surface area contributed by atoms with Gasteiger partial charge in [-0.15, -0.1) is 0 Å². The van der Waals surface area contributed by atoms with Crippen molar-refractivity contribution in [2.75, 3.05) is 11.5 Å². The van der Waals surface area contributed by atoms with Crippen LogP contribution < -0.4 is 4.90 Å². The molecule has 4 rings (SSSR count). The number of carbonyl (C=O) groups is 4. The predicted molar refractivity (Wildman–Crippen MR) is 115 cm³/mol. The maximum atomic E-state index is 12.8. The van der Waals surface area contributed by atoms with Gasteiger partial charge in [-0.05, 0) is 54.6 Å². The number of carbonyl (C=O) groups excluding carboxylic acids is 4. The van der Waals surface area contributed by atoms with Gasteiger partial charge < -0.3 is 4.74 Å². The van der Waals surface area contributed by atoms with E-state index in [1.807, 2.05) is 0 Å². The molecule has 0 saturated heterocycles. The van der Waals surface area contributed by atoms with E-state index in [0.29, 0.717) is 10.6 Å². The quantitative estimate of drug-likeness (QED) is 0.313. The maximum Gasteiger partial charge on any atom is 0.338 e. The number of esters is 1. The second kappa shape index (κ2) is 8.34. The van der Waals surface area contributed by atoms with Gasteiger partial charge in [-0.3, -0.25) is 14.4 Å². The van der Waals surface area contributed by atoms with Gasteiger partial charge in [-0.1, -0.05) is 35.3 Å². The van der Waals surface area contributed by atoms with Crippen LogP contribution in [0.15, 0.2) is 66.7 Å². The monoisotopic (exact) mass is 453 g/mol. The summed E-state index contributed by atoms with van der Waals surface area (Å²) in [6, 6.07) is 16.7. The average molecular weight is 454 g/mol. The van der Waals surface area contributed by atoms with Gasteiger partial charge in [0.25, 0.3) is 11.8 Å². The topological polar surface area (TPSA) is 80.8 Å². The molecule has 8 heteroatoms. The number of fused-ring (bicyclic) bond motifs is 1. The van der Waals surface area contributed by atoms with E-state index >= 15 is 0 Å². The second-order valence-electron chi connectivity index (χ2n) is 6.66. The molecule has 0 aromatic heterocycles. The Morgan fingerprint density at radius 3 is 2.16 bits per heavy atom. The summed E-state index contributed by atoms with van der Waals surface area (Å²) in [7, 11) is 0.